The second kappa shape index (κ2) is 7.81. The molecule has 0 aliphatic carbocycles. The minimum Gasteiger partial charge on any atom is -0.460 e. The zero-order valence-electron chi connectivity index (χ0n) is 11.5. The first kappa shape index (κ1) is 16.6. The molecule has 0 aromatic carbocycles. The molecular weight excluding hydrogens is 238 g/mol. The first-order valence-electron chi connectivity index (χ1n) is 5.88. The van der Waals surface area contributed by atoms with Crippen molar-refractivity contribution in [3.8, 4) is 0 Å². The zero-order chi connectivity index (χ0) is 14.2. The van der Waals surface area contributed by atoms with E-state index in [0.29, 0.717) is 25.9 Å². The van der Waals surface area contributed by atoms with Crippen molar-refractivity contribution in [2.24, 2.45) is 0 Å². The van der Waals surface area contributed by atoms with Crippen LogP contribution in [0.15, 0.2) is 0 Å². The van der Waals surface area contributed by atoms with Gasteiger partial charge in [0.05, 0.1) is 21.1 Å². The van der Waals surface area contributed by atoms with Crippen molar-refractivity contribution in [1.82, 2.24) is 0 Å². The number of rotatable bonds is 3. The van der Waals surface area contributed by atoms with Crippen LogP contribution in [0.5, 0.6) is 0 Å². The molecular formula is C12H22NO5+. The zero-order valence-corrected chi connectivity index (χ0v) is 11.5. The summed E-state index contributed by atoms with van der Waals surface area (Å²) < 4.78 is 9.80. The number of esters is 3. The van der Waals surface area contributed by atoms with E-state index in [9.17, 15) is 14.4 Å². The van der Waals surface area contributed by atoms with E-state index in [1.165, 1.54) is 6.92 Å². The highest BCUT2D eigenvalue weighted by molar-refractivity contribution is 5.87. The molecule has 1 aliphatic heterocycles. The Labute approximate surface area is 107 Å². The van der Waals surface area contributed by atoms with Gasteiger partial charge in [-0.2, -0.15) is 0 Å². The molecule has 0 bridgehead atoms. The van der Waals surface area contributed by atoms with Gasteiger partial charge in [-0.3, -0.25) is 14.4 Å². The summed E-state index contributed by atoms with van der Waals surface area (Å²) >= 11 is 0. The minimum absolute atomic E-state index is 0.201. The van der Waals surface area contributed by atoms with Gasteiger partial charge in [-0.25, -0.2) is 0 Å². The number of quaternary nitrogens is 1. The average Bonchev–Trinajstić information content (AvgIpc) is 2.15. The second-order valence-corrected chi connectivity index (χ2v) is 5.05. The van der Waals surface area contributed by atoms with E-state index < -0.39 is 0 Å². The first-order valence-corrected chi connectivity index (χ1v) is 5.88. The quantitative estimate of drug-likeness (QED) is 0.420. The van der Waals surface area contributed by atoms with E-state index >= 15 is 0 Å². The van der Waals surface area contributed by atoms with E-state index in [0.717, 1.165) is 11.0 Å². The van der Waals surface area contributed by atoms with Gasteiger partial charge in [0.2, 0.25) is 0 Å². The summed E-state index contributed by atoms with van der Waals surface area (Å²) in [6.07, 6.45) is 1.44. The SMILES string of the molecule is CC(=O)OCC[N+](C)(C)C.O=C1CCCC(=O)O1. The number of carbonyl (C=O) groups is 3. The molecule has 6 nitrogen and oxygen atoms in total. The molecule has 0 unspecified atom stereocenters. The van der Waals surface area contributed by atoms with E-state index in [-0.39, 0.29) is 17.9 Å². The number of hydrogen-bond acceptors (Lipinski definition) is 5. The molecule has 104 valence electrons. The van der Waals surface area contributed by atoms with E-state index in [4.69, 9.17) is 4.74 Å². The van der Waals surface area contributed by atoms with Gasteiger partial charge in [-0.05, 0) is 6.42 Å². The molecule has 0 aromatic heterocycles. The maximum atomic E-state index is 10.3. The molecule has 1 fully saturated rings. The summed E-state index contributed by atoms with van der Waals surface area (Å²) in [5.74, 6) is -0.976. The number of hydrogen-bond donors (Lipinski definition) is 0. The van der Waals surface area contributed by atoms with Crippen LogP contribution >= 0.6 is 0 Å². The van der Waals surface area contributed by atoms with Crippen LogP contribution in [0.4, 0.5) is 0 Å². The van der Waals surface area contributed by atoms with Crippen molar-refractivity contribution < 1.29 is 28.3 Å². The lowest BCUT2D eigenvalue weighted by molar-refractivity contribution is -0.870. The fourth-order valence-electron chi connectivity index (χ4n) is 1.07. The number of nitrogens with zero attached hydrogens (tertiary/aromatic N) is 1. The van der Waals surface area contributed by atoms with E-state index in [2.05, 4.69) is 25.9 Å². The molecule has 0 spiro atoms. The third kappa shape index (κ3) is 11.1. The standard InChI is InChI=1S/C7H16NO2.C5H6O3/c1-7(9)10-6-5-8(2,3)4;6-4-2-1-3-5(7)8-4/h5-6H2,1-4H3;1-3H2/q+1;. The molecule has 0 radical (unpaired) electrons. The average molecular weight is 260 g/mol. The number of carbonyl (C=O) groups excluding carboxylic acids is 3. The van der Waals surface area contributed by atoms with Crippen LogP contribution in [-0.2, 0) is 23.9 Å². The molecule has 0 saturated carbocycles. The summed E-state index contributed by atoms with van der Waals surface area (Å²) in [5.41, 5.74) is 0. The summed E-state index contributed by atoms with van der Waals surface area (Å²) in [7, 11) is 6.18. The highest BCUT2D eigenvalue weighted by atomic mass is 16.6. The molecule has 0 aromatic rings. The summed E-state index contributed by atoms with van der Waals surface area (Å²) in [6, 6.07) is 0. The minimum atomic E-state index is -0.388. The summed E-state index contributed by atoms with van der Waals surface area (Å²) in [4.78, 5) is 30.8. The first-order chi connectivity index (χ1) is 8.20. The summed E-state index contributed by atoms with van der Waals surface area (Å²) in [5, 5.41) is 0. The maximum absolute atomic E-state index is 10.3. The largest absolute Gasteiger partial charge is 0.460 e. The highest BCUT2D eigenvalue weighted by Gasteiger charge is 2.15. The van der Waals surface area contributed by atoms with E-state index in [1.54, 1.807) is 0 Å². The third-order valence-corrected chi connectivity index (χ3v) is 2.06. The lowest BCUT2D eigenvalue weighted by atomic mass is 10.2. The molecule has 0 atom stereocenters. The van der Waals surface area contributed by atoms with Crippen molar-refractivity contribution in [3.05, 3.63) is 0 Å². The number of ether oxygens (including phenoxy) is 2. The third-order valence-electron chi connectivity index (χ3n) is 2.06. The van der Waals surface area contributed by atoms with Crippen LogP contribution in [0.3, 0.4) is 0 Å². The maximum Gasteiger partial charge on any atom is 0.313 e. The summed E-state index contributed by atoms with van der Waals surface area (Å²) in [6.45, 7) is 2.80. The Morgan fingerprint density at radius 2 is 1.72 bits per heavy atom. The topological polar surface area (TPSA) is 69.7 Å². The van der Waals surface area contributed by atoms with Crippen LogP contribution in [0, 0.1) is 0 Å². The highest BCUT2D eigenvalue weighted by Crippen LogP contribution is 2.06. The van der Waals surface area contributed by atoms with Gasteiger partial charge < -0.3 is 14.0 Å². The van der Waals surface area contributed by atoms with Crippen molar-refractivity contribution in [2.75, 3.05) is 34.3 Å². The molecule has 1 aliphatic rings. The van der Waals surface area contributed by atoms with Crippen LogP contribution in [0.25, 0.3) is 0 Å². The lowest BCUT2D eigenvalue weighted by Crippen LogP contribution is -2.37. The normalized spacial score (nSPS) is 15.3. The van der Waals surface area contributed by atoms with Gasteiger partial charge in [0, 0.05) is 19.8 Å². The Kier molecular flexibility index (Phi) is 7.19. The number of likely N-dealkylation sites (N-methyl/N-ethyl adjacent to an activating group) is 1. The molecule has 6 heteroatoms. The van der Waals surface area contributed by atoms with Gasteiger partial charge in [0.15, 0.2) is 0 Å². The fraction of sp³-hybridized carbons (Fsp3) is 0.750. The Morgan fingerprint density at radius 1 is 1.22 bits per heavy atom. The van der Waals surface area contributed by atoms with Crippen LogP contribution in [-0.4, -0.2) is 56.7 Å². The predicted molar refractivity (Wildman–Crippen MR) is 64.5 cm³/mol. The molecule has 0 amide bonds. The van der Waals surface area contributed by atoms with Crippen LogP contribution < -0.4 is 0 Å². The van der Waals surface area contributed by atoms with Gasteiger partial charge in [-0.1, -0.05) is 0 Å². The monoisotopic (exact) mass is 260 g/mol. The lowest BCUT2D eigenvalue weighted by Gasteiger charge is -2.23. The Hall–Kier alpha value is -1.43. The fourth-order valence-corrected chi connectivity index (χ4v) is 1.07. The Bertz CT molecular complexity index is 292. The van der Waals surface area contributed by atoms with Crippen molar-refractivity contribution in [1.29, 1.82) is 0 Å². The van der Waals surface area contributed by atoms with Gasteiger partial charge in [-0.15, -0.1) is 0 Å². The second-order valence-electron chi connectivity index (χ2n) is 5.05. The molecule has 1 saturated heterocycles. The molecule has 18 heavy (non-hydrogen) atoms. The molecule has 0 N–H and O–H groups in total. The van der Waals surface area contributed by atoms with Crippen molar-refractivity contribution in [3.63, 3.8) is 0 Å². The Morgan fingerprint density at radius 3 is 2.00 bits per heavy atom. The predicted octanol–water partition coefficient (Wildman–Crippen LogP) is 0.496. The molecule has 1 heterocycles. The van der Waals surface area contributed by atoms with Gasteiger partial charge >= 0.3 is 17.9 Å². The Balaban J connectivity index is 0.000000327. The number of cyclic esters (lactones) is 2. The molecule has 1 rings (SSSR count). The smallest absolute Gasteiger partial charge is 0.313 e. The van der Waals surface area contributed by atoms with E-state index in [1.807, 2.05) is 0 Å². The van der Waals surface area contributed by atoms with Crippen LogP contribution in [0.1, 0.15) is 26.2 Å². The van der Waals surface area contributed by atoms with Crippen molar-refractivity contribution in [2.45, 2.75) is 26.2 Å². The van der Waals surface area contributed by atoms with Gasteiger partial charge in [0.1, 0.15) is 13.2 Å². The van der Waals surface area contributed by atoms with Crippen LogP contribution in [0.2, 0.25) is 0 Å². The van der Waals surface area contributed by atoms with Gasteiger partial charge in [0.25, 0.3) is 0 Å². The van der Waals surface area contributed by atoms with Crippen molar-refractivity contribution >= 4 is 17.9 Å².